The molecule has 0 fully saturated rings. The van der Waals surface area contributed by atoms with Crippen LogP contribution in [-0.4, -0.2) is 51.5 Å². The smallest absolute Gasteiger partial charge is 0.187 e. The van der Waals surface area contributed by atoms with E-state index in [4.69, 9.17) is 9.72 Å². The van der Waals surface area contributed by atoms with Crippen LogP contribution in [0.25, 0.3) is 28.1 Å². The van der Waals surface area contributed by atoms with E-state index >= 15 is 0 Å². The highest BCUT2D eigenvalue weighted by Crippen LogP contribution is 2.22. The van der Waals surface area contributed by atoms with Gasteiger partial charge in [-0.3, -0.25) is 9.78 Å². The first-order chi connectivity index (χ1) is 15.1. The van der Waals surface area contributed by atoms with Crippen LogP contribution in [-0.2, 0) is 13.5 Å². The molecule has 0 saturated heterocycles. The molecule has 0 spiro atoms. The second-order valence-electron chi connectivity index (χ2n) is 7.15. The predicted octanol–water partition coefficient (Wildman–Crippen LogP) is 2.63. The van der Waals surface area contributed by atoms with Crippen molar-refractivity contribution in [3.8, 4) is 22.7 Å². The number of hydrogen-bond donors (Lipinski definition) is 1. The minimum absolute atomic E-state index is 0.511. The first kappa shape index (κ1) is 18.9. The van der Waals surface area contributed by atoms with Gasteiger partial charge in [0.1, 0.15) is 11.6 Å². The van der Waals surface area contributed by atoms with E-state index in [1.807, 2.05) is 62.1 Å². The first-order valence-electron chi connectivity index (χ1n) is 9.96. The number of hydrogen-bond acceptors (Lipinski definition) is 7. The van der Waals surface area contributed by atoms with Gasteiger partial charge >= 0.3 is 0 Å². The third kappa shape index (κ3) is 3.52. The maximum absolute atomic E-state index is 5.51. The van der Waals surface area contributed by atoms with E-state index in [9.17, 15) is 0 Å². The van der Waals surface area contributed by atoms with Crippen LogP contribution in [0.2, 0.25) is 0 Å². The van der Waals surface area contributed by atoms with Gasteiger partial charge < -0.3 is 4.74 Å². The fraction of sp³-hybridized carbons (Fsp3) is 0.238. The van der Waals surface area contributed by atoms with Crippen LogP contribution in [0.15, 0.2) is 42.7 Å². The van der Waals surface area contributed by atoms with E-state index in [1.54, 1.807) is 10.9 Å². The third-order valence-corrected chi connectivity index (χ3v) is 5.13. The van der Waals surface area contributed by atoms with Crippen molar-refractivity contribution in [1.82, 2.24) is 44.9 Å². The van der Waals surface area contributed by atoms with Crippen LogP contribution < -0.4 is 4.74 Å². The number of H-pyrrole nitrogens is 1. The Labute approximate surface area is 177 Å². The van der Waals surface area contributed by atoms with Gasteiger partial charge in [-0.25, -0.2) is 9.97 Å². The van der Waals surface area contributed by atoms with Crippen molar-refractivity contribution in [2.24, 2.45) is 7.05 Å². The number of nitrogens with one attached hydrogen (secondary N) is 1. The predicted molar refractivity (Wildman–Crippen MR) is 114 cm³/mol. The Morgan fingerprint density at radius 1 is 1.13 bits per heavy atom. The minimum Gasteiger partial charge on any atom is -0.494 e. The van der Waals surface area contributed by atoms with Gasteiger partial charge in [0, 0.05) is 30.4 Å². The maximum Gasteiger partial charge on any atom is 0.187 e. The van der Waals surface area contributed by atoms with Gasteiger partial charge in [0.2, 0.25) is 0 Å². The fourth-order valence-corrected chi connectivity index (χ4v) is 3.38. The average Bonchev–Trinajstić information content (AvgIpc) is 3.49. The molecular formula is C21H21N9O. The summed E-state index contributed by atoms with van der Waals surface area (Å²) in [6.07, 6.45) is 4.02. The summed E-state index contributed by atoms with van der Waals surface area (Å²) in [7, 11) is 1.91. The Morgan fingerprint density at radius 3 is 2.71 bits per heavy atom. The minimum atomic E-state index is 0.511. The molecule has 0 aliphatic carbocycles. The molecule has 31 heavy (non-hydrogen) atoms. The second kappa shape index (κ2) is 7.63. The lowest BCUT2D eigenvalue weighted by atomic mass is 10.1. The summed E-state index contributed by atoms with van der Waals surface area (Å²) in [4.78, 5) is 9.14. The third-order valence-electron chi connectivity index (χ3n) is 5.13. The first-order valence-corrected chi connectivity index (χ1v) is 9.96. The lowest BCUT2D eigenvalue weighted by molar-refractivity contribution is 0.340. The van der Waals surface area contributed by atoms with Crippen LogP contribution >= 0.6 is 0 Å². The summed E-state index contributed by atoms with van der Waals surface area (Å²) in [5, 5.41) is 20.2. The topological polar surface area (TPSA) is 112 Å². The Morgan fingerprint density at radius 2 is 1.97 bits per heavy atom. The Hall–Kier alpha value is -4.08. The van der Waals surface area contributed by atoms with Crippen molar-refractivity contribution >= 4 is 11.2 Å². The van der Waals surface area contributed by atoms with E-state index in [0.29, 0.717) is 30.0 Å². The van der Waals surface area contributed by atoms with Crippen LogP contribution in [0.4, 0.5) is 0 Å². The van der Waals surface area contributed by atoms with Crippen molar-refractivity contribution in [3.05, 3.63) is 59.9 Å². The zero-order valence-corrected chi connectivity index (χ0v) is 17.4. The second-order valence-corrected chi connectivity index (χ2v) is 7.15. The molecule has 0 aliphatic heterocycles. The maximum atomic E-state index is 5.51. The molecule has 0 aliphatic rings. The van der Waals surface area contributed by atoms with Crippen LogP contribution in [0.1, 0.15) is 24.1 Å². The SMILES string of the molecule is CCOc1ccc(-n2nnc3cnc(Cc4cc(-c5cnn(C)c5C)n[nH]4)nc32)cc1. The normalized spacial score (nSPS) is 11.3. The molecule has 4 aromatic heterocycles. The number of rotatable bonds is 6. The highest BCUT2D eigenvalue weighted by atomic mass is 16.5. The van der Waals surface area contributed by atoms with Crippen LogP contribution in [0.5, 0.6) is 5.75 Å². The monoisotopic (exact) mass is 415 g/mol. The standard InChI is InChI=1S/C21H21N9O/c1-4-31-16-7-5-15(6-8-16)30-21-19(27-28-30)12-22-20(24-21)10-14-9-18(26-25-14)17-11-23-29(3)13(17)2/h5-9,11-12H,4,10H2,1-3H3,(H,25,26). The van der Waals surface area contributed by atoms with Crippen molar-refractivity contribution in [2.45, 2.75) is 20.3 Å². The fourth-order valence-electron chi connectivity index (χ4n) is 3.38. The molecular weight excluding hydrogens is 394 g/mol. The summed E-state index contributed by atoms with van der Waals surface area (Å²) < 4.78 is 9.04. The molecule has 156 valence electrons. The quantitative estimate of drug-likeness (QED) is 0.454. The van der Waals surface area contributed by atoms with E-state index in [1.165, 1.54) is 0 Å². The van der Waals surface area contributed by atoms with Crippen LogP contribution in [0, 0.1) is 6.92 Å². The number of aromatic nitrogens is 9. The number of ether oxygens (including phenoxy) is 1. The molecule has 0 atom stereocenters. The summed E-state index contributed by atoms with van der Waals surface area (Å²) in [5.74, 6) is 1.46. The molecule has 10 nitrogen and oxygen atoms in total. The summed E-state index contributed by atoms with van der Waals surface area (Å²) in [6, 6.07) is 9.66. The summed E-state index contributed by atoms with van der Waals surface area (Å²) >= 11 is 0. The Kier molecular flexibility index (Phi) is 4.66. The van der Waals surface area contributed by atoms with Gasteiger partial charge in [0.25, 0.3) is 0 Å². The Balaban J connectivity index is 1.43. The number of benzene rings is 1. The van der Waals surface area contributed by atoms with E-state index in [2.05, 4.69) is 30.6 Å². The van der Waals surface area contributed by atoms with E-state index in [0.717, 1.165) is 34.1 Å². The van der Waals surface area contributed by atoms with Gasteiger partial charge in [0.05, 0.1) is 30.4 Å². The number of aryl methyl sites for hydroxylation is 1. The van der Waals surface area contributed by atoms with Crippen molar-refractivity contribution in [2.75, 3.05) is 6.61 Å². The lowest BCUT2D eigenvalue weighted by Gasteiger charge is -2.05. The van der Waals surface area contributed by atoms with E-state index in [-0.39, 0.29) is 0 Å². The molecule has 5 rings (SSSR count). The number of nitrogens with zero attached hydrogens (tertiary/aromatic N) is 8. The van der Waals surface area contributed by atoms with E-state index < -0.39 is 0 Å². The molecule has 0 radical (unpaired) electrons. The molecule has 10 heteroatoms. The zero-order chi connectivity index (χ0) is 21.4. The van der Waals surface area contributed by atoms with Crippen LogP contribution in [0.3, 0.4) is 0 Å². The summed E-state index contributed by atoms with van der Waals surface area (Å²) in [6.45, 7) is 4.60. The highest BCUT2D eigenvalue weighted by molar-refractivity contribution is 5.70. The number of fused-ring (bicyclic) bond motifs is 1. The summed E-state index contributed by atoms with van der Waals surface area (Å²) in [5.41, 5.74) is 5.96. The molecule has 0 saturated carbocycles. The molecule has 0 bridgehead atoms. The van der Waals surface area contributed by atoms with Gasteiger partial charge in [-0.15, -0.1) is 5.10 Å². The molecule has 0 unspecified atom stereocenters. The largest absolute Gasteiger partial charge is 0.494 e. The molecule has 5 aromatic rings. The lowest BCUT2D eigenvalue weighted by Crippen LogP contribution is -2.02. The Bertz CT molecular complexity index is 1350. The molecule has 4 heterocycles. The van der Waals surface area contributed by atoms with Crippen molar-refractivity contribution in [1.29, 1.82) is 0 Å². The van der Waals surface area contributed by atoms with Gasteiger partial charge in [-0.1, -0.05) is 5.21 Å². The van der Waals surface area contributed by atoms with Gasteiger partial charge in [-0.05, 0) is 44.2 Å². The van der Waals surface area contributed by atoms with Crippen molar-refractivity contribution in [3.63, 3.8) is 0 Å². The molecule has 1 N–H and O–H groups in total. The van der Waals surface area contributed by atoms with Gasteiger partial charge in [0.15, 0.2) is 11.2 Å². The molecule has 1 aromatic carbocycles. The van der Waals surface area contributed by atoms with Crippen molar-refractivity contribution < 1.29 is 4.74 Å². The number of aromatic amines is 1. The zero-order valence-electron chi connectivity index (χ0n) is 17.4. The molecule has 0 amide bonds. The van der Waals surface area contributed by atoms with Gasteiger partial charge in [-0.2, -0.15) is 14.9 Å². The highest BCUT2D eigenvalue weighted by Gasteiger charge is 2.14. The average molecular weight is 415 g/mol.